The summed E-state index contributed by atoms with van der Waals surface area (Å²) in [7, 11) is 0. The van der Waals surface area contributed by atoms with Gasteiger partial charge >= 0.3 is 11.9 Å². The molecule has 1 aromatic rings. The summed E-state index contributed by atoms with van der Waals surface area (Å²) in [6.07, 6.45) is -0.488. The maximum atomic E-state index is 11.9. The Morgan fingerprint density at radius 3 is 2.45 bits per heavy atom. The molecule has 0 aliphatic carbocycles. The van der Waals surface area contributed by atoms with E-state index in [1.54, 1.807) is 18.2 Å². The second kappa shape index (κ2) is 7.04. The molecule has 0 unspecified atom stereocenters. The molecule has 1 aromatic carbocycles. The van der Waals surface area contributed by atoms with Gasteiger partial charge in [0.25, 0.3) is 5.91 Å². The predicted molar refractivity (Wildman–Crippen MR) is 74.6 cm³/mol. The number of rotatable bonds is 6. The number of carboxylic acids is 2. The van der Waals surface area contributed by atoms with Gasteiger partial charge in [0.1, 0.15) is 6.04 Å². The van der Waals surface area contributed by atoms with Gasteiger partial charge in [0.15, 0.2) is 0 Å². The molecular formula is C13H14BrNO5. The Hall–Kier alpha value is -1.89. The van der Waals surface area contributed by atoms with E-state index in [1.165, 1.54) is 0 Å². The van der Waals surface area contributed by atoms with E-state index in [1.807, 2.05) is 6.92 Å². The Kier molecular flexibility index (Phi) is 5.69. The quantitative estimate of drug-likeness (QED) is 0.730. The third-order valence-corrected chi connectivity index (χ3v) is 3.54. The van der Waals surface area contributed by atoms with Crippen molar-refractivity contribution in [3.63, 3.8) is 0 Å². The van der Waals surface area contributed by atoms with Crippen molar-refractivity contribution < 1.29 is 24.6 Å². The highest BCUT2D eigenvalue weighted by molar-refractivity contribution is 9.10. The van der Waals surface area contributed by atoms with E-state index < -0.39 is 23.9 Å². The molecule has 1 rings (SSSR count). The van der Waals surface area contributed by atoms with E-state index in [0.717, 1.165) is 10.0 Å². The van der Waals surface area contributed by atoms with Crippen LogP contribution in [0.15, 0.2) is 22.7 Å². The molecule has 0 saturated heterocycles. The third-order valence-electron chi connectivity index (χ3n) is 2.68. The van der Waals surface area contributed by atoms with Crippen LogP contribution in [0.5, 0.6) is 0 Å². The number of hydrogen-bond donors (Lipinski definition) is 3. The number of carbonyl (C=O) groups is 3. The second-order valence-electron chi connectivity index (χ2n) is 4.26. The molecule has 3 N–H and O–H groups in total. The number of hydrogen-bond acceptors (Lipinski definition) is 3. The second-order valence-corrected chi connectivity index (χ2v) is 5.11. The molecule has 0 aliphatic heterocycles. The average Bonchev–Trinajstić information content (AvgIpc) is 2.36. The van der Waals surface area contributed by atoms with Crippen molar-refractivity contribution in [1.82, 2.24) is 5.32 Å². The molecule has 0 spiro atoms. The monoisotopic (exact) mass is 343 g/mol. The Morgan fingerprint density at radius 1 is 1.30 bits per heavy atom. The summed E-state index contributed by atoms with van der Waals surface area (Å²) in [6, 6.07) is 3.66. The summed E-state index contributed by atoms with van der Waals surface area (Å²) in [6.45, 7) is 1.86. The number of amides is 1. The molecule has 0 bridgehead atoms. The molecular weight excluding hydrogens is 330 g/mol. The topological polar surface area (TPSA) is 104 Å². The van der Waals surface area contributed by atoms with Gasteiger partial charge in [-0.3, -0.25) is 9.59 Å². The fourth-order valence-electron chi connectivity index (χ4n) is 1.50. The van der Waals surface area contributed by atoms with Crippen molar-refractivity contribution in [2.75, 3.05) is 0 Å². The van der Waals surface area contributed by atoms with E-state index in [0.29, 0.717) is 5.56 Å². The van der Waals surface area contributed by atoms with Crippen molar-refractivity contribution in [2.24, 2.45) is 0 Å². The fourth-order valence-corrected chi connectivity index (χ4v) is 1.88. The summed E-state index contributed by atoms with van der Waals surface area (Å²) in [4.78, 5) is 33.4. The standard InChI is InChI=1S/C13H14BrNO5/c1-7-2-3-8(6-9(7)14)12(18)15-10(13(19)20)4-5-11(16)17/h2-3,6,10H,4-5H2,1H3,(H,15,18)(H,16,17)(H,19,20)/t10-/m0/s1. The summed E-state index contributed by atoms with van der Waals surface area (Å²) in [5.74, 6) is -2.92. The number of aryl methyl sites for hydroxylation is 1. The zero-order chi connectivity index (χ0) is 15.3. The number of halogens is 1. The van der Waals surface area contributed by atoms with Crippen LogP contribution in [0.2, 0.25) is 0 Å². The lowest BCUT2D eigenvalue weighted by atomic mass is 10.1. The smallest absolute Gasteiger partial charge is 0.326 e. The highest BCUT2D eigenvalue weighted by atomic mass is 79.9. The minimum Gasteiger partial charge on any atom is -0.481 e. The number of carbonyl (C=O) groups excluding carboxylic acids is 1. The predicted octanol–water partition coefficient (Wildman–Crippen LogP) is 1.81. The van der Waals surface area contributed by atoms with Crippen LogP contribution in [-0.4, -0.2) is 34.1 Å². The molecule has 0 heterocycles. The normalized spacial score (nSPS) is 11.7. The van der Waals surface area contributed by atoms with E-state index in [-0.39, 0.29) is 12.8 Å². The van der Waals surface area contributed by atoms with Crippen molar-refractivity contribution in [3.8, 4) is 0 Å². The summed E-state index contributed by atoms with van der Waals surface area (Å²) in [5.41, 5.74) is 1.26. The van der Waals surface area contributed by atoms with Gasteiger partial charge in [-0.05, 0) is 31.0 Å². The lowest BCUT2D eigenvalue weighted by Crippen LogP contribution is -2.41. The van der Waals surface area contributed by atoms with Gasteiger partial charge in [0.05, 0.1) is 0 Å². The maximum absolute atomic E-state index is 11.9. The Morgan fingerprint density at radius 2 is 1.95 bits per heavy atom. The van der Waals surface area contributed by atoms with Gasteiger partial charge in [-0.2, -0.15) is 0 Å². The number of aliphatic carboxylic acids is 2. The summed E-state index contributed by atoms with van der Waals surface area (Å²) >= 11 is 3.29. The lowest BCUT2D eigenvalue weighted by Gasteiger charge is -2.14. The molecule has 7 heteroatoms. The van der Waals surface area contributed by atoms with E-state index >= 15 is 0 Å². The van der Waals surface area contributed by atoms with Crippen molar-refractivity contribution in [3.05, 3.63) is 33.8 Å². The molecule has 108 valence electrons. The highest BCUT2D eigenvalue weighted by Gasteiger charge is 2.21. The molecule has 0 fully saturated rings. The van der Waals surface area contributed by atoms with Crippen LogP contribution in [0.4, 0.5) is 0 Å². The first-order chi connectivity index (χ1) is 9.31. The average molecular weight is 344 g/mol. The Balaban J connectivity index is 2.77. The molecule has 0 aromatic heterocycles. The minimum absolute atomic E-state index is 0.163. The molecule has 1 amide bonds. The minimum atomic E-state index is -1.26. The molecule has 1 atom stereocenters. The Labute approximate surface area is 123 Å². The third kappa shape index (κ3) is 4.65. The van der Waals surface area contributed by atoms with E-state index in [9.17, 15) is 14.4 Å². The first-order valence-electron chi connectivity index (χ1n) is 5.83. The molecule has 20 heavy (non-hydrogen) atoms. The van der Waals surface area contributed by atoms with Gasteiger partial charge in [-0.1, -0.05) is 22.0 Å². The maximum Gasteiger partial charge on any atom is 0.326 e. The van der Waals surface area contributed by atoms with Crippen molar-refractivity contribution in [1.29, 1.82) is 0 Å². The summed E-state index contributed by atoms with van der Waals surface area (Å²) < 4.78 is 0.738. The van der Waals surface area contributed by atoms with Gasteiger partial charge in [0.2, 0.25) is 0 Å². The van der Waals surface area contributed by atoms with Crippen LogP contribution in [0, 0.1) is 6.92 Å². The fraction of sp³-hybridized carbons (Fsp3) is 0.308. The number of benzene rings is 1. The number of carboxylic acid groups (broad SMARTS) is 2. The van der Waals surface area contributed by atoms with Crippen LogP contribution >= 0.6 is 15.9 Å². The highest BCUT2D eigenvalue weighted by Crippen LogP contribution is 2.17. The van der Waals surface area contributed by atoms with Gasteiger partial charge in [-0.15, -0.1) is 0 Å². The van der Waals surface area contributed by atoms with Crippen LogP contribution < -0.4 is 5.32 Å². The molecule has 6 nitrogen and oxygen atoms in total. The van der Waals surface area contributed by atoms with Gasteiger partial charge in [0, 0.05) is 16.5 Å². The molecule has 0 radical (unpaired) electrons. The van der Waals surface area contributed by atoms with Gasteiger partial charge in [-0.25, -0.2) is 4.79 Å². The van der Waals surface area contributed by atoms with Crippen LogP contribution in [0.1, 0.15) is 28.8 Å². The van der Waals surface area contributed by atoms with Crippen LogP contribution in [0.3, 0.4) is 0 Å². The van der Waals surface area contributed by atoms with Crippen LogP contribution in [0.25, 0.3) is 0 Å². The van der Waals surface area contributed by atoms with E-state index in [2.05, 4.69) is 21.2 Å². The number of nitrogens with one attached hydrogen (secondary N) is 1. The lowest BCUT2D eigenvalue weighted by molar-refractivity contribution is -0.140. The van der Waals surface area contributed by atoms with Crippen molar-refractivity contribution in [2.45, 2.75) is 25.8 Å². The largest absolute Gasteiger partial charge is 0.481 e. The SMILES string of the molecule is Cc1ccc(C(=O)N[C@@H](CCC(=O)O)C(=O)O)cc1Br. The molecule has 0 saturated carbocycles. The summed E-state index contributed by atoms with van der Waals surface area (Å²) in [5, 5.41) is 19.8. The van der Waals surface area contributed by atoms with Crippen molar-refractivity contribution >= 4 is 33.8 Å². The first-order valence-corrected chi connectivity index (χ1v) is 6.62. The van der Waals surface area contributed by atoms with Gasteiger partial charge < -0.3 is 15.5 Å². The Bertz CT molecular complexity index is 544. The zero-order valence-corrected chi connectivity index (χ0v) is 12.3. The first kappa shape index (κ1) is 16.2. The zero-order valence-electron chi connectivity index (χ0n) is 10.7. The molecule has 0 aliphatic rings. The van der Waals surface area contributed by atoms with Crippen LogP contribution in [-0.2, 0) is 9.59 Å². The van der Waals surface area contributed by atoms with E-state index in [4.69, 9.17) is 10.2 Å².